The van der Waals surface area contributed by atoms with Crippen LogP contribution in [0.3, 0.4) is 0 Å². The third kappa shape index (κ3) is 3.63. The van der Waals surface area contributed by atoms with E-state index in [-0.39, 0.29) is 5.91 Å². The number of ether oxygens (including phenoxy) is 2. The normalized spacial score (nSPS) is 10.1. The number of rotatable bonds is 7. The molecule has 0 unspecified atom stereocenters. The number of hydrogen-bond acceptors (Lipinski definition) is 3. The molecule has 106 valence electrons. The Hall–Kier alpha value is -1.71. The summed E-state index contributed by atoms with van der Waals surface area (Å²) in [6.45, 7) is 5.62. The number of carbonyl (C=O) groups is 1. The van der Waals surface area contributed by atoms with Crippen molar-refractivity contribution < 1.29 is 14.3 Å². The first-order valence-corrected chi connectivity index (χ1v) is 6.69. The van der Waals surface area contributed by atoms with E-state index in [0.717, 1.165) is 25.9 Å². The van der Waals surface area contributed by atoms with Crippen molar-refractivity contribution in [2.24, 2.45) is 0 Å². The van der Waals surface area contributed by atoms with Crippen LogP contribution in [0, 0.1) is 0 Å². The second-order valence-corrected chi connectivity index (χ2v) is 4.33. The standard InChI is InChI=1S/C15H23NO3/c1-5-10-16(11-6-2)15(17)14-12(18-3)8-7-9-13(14)19-4/h7-9H,5-6,10-11H2,1-4H3. The SMILES string of the molecule is CCCN(CCC)C(=O)c1c(OC)cccc1OC. The fourth-order valence-corrected chi connectivity index (χ4v) is 2.07. The Bertz CT molecular complexity index is 390. The van der Waals surface area contributed by atoms with Gasteiger partial charge in [-0.3, -0.25) is 4.79 Å². The molecule has 0 spiro atoms. The topological polar surface area (TPSA) is 38.8 Å². The van der Waals surface area contributed by atoms with Gasteiger partial charge >= 0.3 is 0 Å². The Labute approximate surface area is 115 Å². The van der Waals surface area contributed by atoms with Gasteiger partial charge in [0, 0.05) is 13.1 Å². The molecule has 4 heteroatoms. The van der Waals surface area contributed by atoms with Crippen molar-refractivity contribution in [2.75, 3.05) is 27.3 Å². The molecule has 0 atom stereocenters. The molecule has 0 bridgehead atoms. The predicted octanol–water partition coefficient (Wildman–Crippen LogP) is 2.97. The zero-order valence-corrected chi connectivity index (χ0v) is 12.2. The molecule has 1 amide bonds. The van der Waals surface area contributed by atoms with Gasteiger partial charge in [0.15, 0.2) is 0 Å². The van der Waals surface area contributed by atoms with Gasteiger partial charge in [-0.15, -0.1) is 0 Å². The molecule has 0 heterocycles. The van der Waals surface area contributed by atoms with Crippen LogP contribution in [0.2, 0.25) is 0 Å². The van der Waals surface area contributed by atoms with Gasteiger partial charge in [-0.1, -0.05) is 19.9 Å². The predicted molar refractivity (Wildman–Crippen MR) is 76.0 cm³/mol. The molecule has 0 saturated heterocycles. The molecule has 0 aliphatic rings. The summed E-state index contributed by atoms with van der Waals surface area (Å²) >= 11 is 0. The number of benzene rings is 1. The van der Waals surface area contributed by atoms with E-state index in [4.69, 9.17) is 9.47 Å². The van der Waals surface area contributed by atoms with E-state index in [1.54, 1.807) is 26.4 Å². The molecule has 1 rings (SSSR count). The number of carbonyl (C=O) groups excluding carboxylic acids is 1. The van der Waals surface area contributed by atoms with Gasteiger partial charge in [0.2, 0.25) is 0 Å². The number of methoxy groups -OCH3 is 2. The summed E-state index contributed by atoms with van der Waals surface area (Å²) in [6.07, 6.45) is 1.87. The van der Waals surface area contributed by atoms with Gasteiger partial charge in [0.25, 0.3) is 5.91 Å². The highest BCUT2D eigenvalue weighted by molar-refractivity contribution is 5.99. The molecular weight excluding hydrogens is 242 g/mol. The van der Waals surface area contributed by atoms with Crippen LogP contribution in [0.25, 0.3) is 0 Å². The number of hydrogen-bond donors (Lipinski definition) is 0. The lowest BCUT2D eigenvalue weighted by molar-refractivity contribution is 0.0748. The first kappa shape index (κ1) is 15.3. The van der Waals surface area contributed by atoms with E-state index in [1.807, 2.05) is 11.0 Å². The second-order valence-electron chi connectivity index (χ2n) is 4.33. The highest BCUT2D eigenvalue weighted by Gasteiger charge is 2.22. The third-order valence-electron chi connectivity index (χ3n) is 2.92. The van der Waals surface area contributed by atoms with Gasteiger partial charge in [-0.25, -0.2) is 0 Å². The molecule has 0 fully saturated rings. The first-order chi connectivity index (χ1) is 9.19. The molecule has 4 nitrogen and oxygen atoms in total. The molecule has 1 aromatic rings. The lowest BCUT2D eigenvalue weighted by Gasteiger charge is -2.23. The minimum Gasteiger partial charge on any atom is -0.496 e. The third-order valence-corrected chi connectivity index (χ3v) is 2.92. The second kappa shape index (κ2) is 7.67. The maximum atomic E-state index is 12.7. The Morgan fingerprint density at radius 3 is 1.89 bits per heavy atom. The summed E-state index contributed by atoms with van der Waals surface area (Å²) in [5.41, 5.74) is 0.509. The zero-order valence-electron chi connectivity index (χ0n) is 12.2. The smallest absolute Gasteiger partial charge is 0.261 e. The van der Waals surface area contributed by atoms with Crippen LogP contribution in [0.4, 0.5) is 0 Å². The van der Waals surface area contributed by atoms with E-state index in [2.05, 4.69) is 13.8 Å². The van der Waals surface area contributed by atoms with Crippen LogP contribution < -0.4 is 9.47 Å². The maximum Gasteiger partial charge on any atom is 0.261 e. The lowest BCUT2D eigenvalue weighted by Crippen LogP contribution is -2.33. The molecule has 19 heavy (non-hydrogen) atoms. The maximum absolute atomic E-state index is 12.7. The Kier molecular flexibility index (Phi) is 6.19. The van der Waals surface area contributed by atoms with Gasteiger partial charge in [0.05, 0.1) is 14.2 Å². The molecular formula is C15H23NO3. The van der Waals surface area contributed by atoms with Crippen LogP contribution in [-0.2, 0) is 0 Å². The molecule has 0 radical (unpaired) electrons. The van der Waals surface area contributed by atoms with Gasteiger partial charge in [0.1, 0.15) is 17.1 Å². The van der Waals surface area contributed by atoms with Crippen molar-refractivity contribution in [3.05, 3.63) is 23.8 Å². The molecule has 0 aliphatic carbocycles. The fourth-order valence-electron chi connectivity index (χ4n) is 2.07. The van der Waals surface area contributed by atoms with Crippen LogP contribution >= 0.6 is 0 Å². The summed E-state index contributed by atoms with van der Waals surface area (Å²) in [5, 5.41) is 0. The summed E-state index contributed by atoms with van der Waals surface area (Å²) < 4.78 is 10.6. The molecule has 1 aromatic carbocycles. The minimum atomic E-state index is -0.0296. The average molecular weight is 265 g/mol. The zero-order chi connectivity index (χ0) is 14.3. The lowest BCUT2D eigenvalue weighted by atomic mass is 10.1. The van der Waals surface area contributed by atoms with Crippen molar-refractivity contribution in [2.45, 2.75) is 26.7 Å². The summed E-state index contributed by atoms with van der Waals surface area (Å²) in [5.74, 6) is 1.08. The van der Waals surface area contributed by atoms with Crippen molar-refractivity contribution in [1.82, 2.24) is 4.90 Å². The van der Waals surface area contributed by atoms with E-state index in [9.17, 15) is 4.79 Å². The minimum absolute atomic E-state index is 0.0296. The highest BCUT2D eigenvalue weighted by atomic mass is 16.5. The van der Waals surface area contributed by atoms with Crippen molar-refractivity contribution in [1.29, 1.82) is 0 Å². The Morgan fingerprint density at radius 2 is 1.53 bits per heavy atom. The summed E-state index contributed by atoms with van der Waals surface area (Å²) in [4.78, 5) is 14.5. The quantitative estimate of drug-likeness (QED) is 0.761. The molecule has 0 saturated carbocycles. The molecule has 0 N–H and O–H groups in total. The Morgan fingerprint density at radius 1 is 1.05 bits per heavy atom. The van der Waals surface area contributed by atoms with Crippen LogP contribution in [0.15, 0.2) is 18.2 Å². The van der Waals surface area contributed by atoms with E-state index in [0.29, 0.717) is 17.1 Å². The van der Waals surface area contributed by atoms with Crippen LogP contribution in [0.5, 0.6) is 11.5 Å². The average Bonchev–Trinajstić information content (AvgIpc) is 2.45. The van der Waals surface area contributed by atoms with Crippen molar-refractivity contribution in [3.63, 3.8) is 0 Å². The Balaban J connectivity index is 3.14. The summed E-state index contributed by atoms with van der Waals surface area (Å²) in [6, 6.07) is 5.38. The largest absolute Gasteiger partial charge is 0.496 e. The fraction of sp³-hybridized carbons (Fsp3) is 0.533. The van der Waals surface area contributed by atoms with Gasteiger partial charge < -0.3 is 14.4 Å². The monoisotopic (exact) mass is 265 g/mol. The highest BCUT2D eigenvalue weighted by Crippen LogP contribution is 2.29. The van der Waals surface area contributed by atoms with Crippen molar-refractivity contribution in [3.8, 4) is 11.5 Å². The van der Waals surface area contributed by atoms with Crippen LogP contribution in [-0.4, -0.2) is 38.1 Å². The van der Waals surface area contributed by atoms with E-state index in [1.165, 1.54) is 0 Å². The van der Waals surface area contributed by atoms with E-state index >= 15 is 0 Å². The first-order valence-electron chi connectivity index (χ1n) is 6.69. The van der Waals surface area contributed by atoms with Crippen LogP contribution in [0.1, 0.15) is 37.0 Å². The number of nitrogens with zero attached hydrogens (tertiary/aromatic N) is 1. The molecule has 0 aromatic heterocycles. The van der Waals surface area contributed by atoms with E-state index < -0.39 is 0 Å². The van der Waals surface area contributed by atoms with Gasteiger partial charge in [-0.2, -0.15) is 0 Å². The van der Waals surface area contributed by atoms with Crippen molar-refractivity contribution >= 4 is 5.91 Å². The molecule has 0 aliphatic heterocycles. The number of amides is 1. The summed E-state index contributed by atoms with van der Waals surface area (Å²) in [7, 11) is 3.13. The van der Waals surface area contributed by atoms with Gasteiger partial charge in [-0.05, 0) is 25.0 Å².